The Labute approximate surface area is 204 Å². The molecule has 0 aliphatic carbocycles. The smallest absolute Gasteiger partial charge is 0.287 e. The number of hydrogen-bond donors (Lipinski definition) is 2. The van der Waals surface area contributed by atoms with Gasteiger partial charge in [0.05, 0.1) is 37.2 Å². The number of aromatic nitrogens is 6. The number of carbonyl (C=O) groups excluding carboxylic acids is 1. The Bertz CT molecular complexity index is 1160. The third kappa shape index (κ3) is 5.44. The van der Waals surface area contributed by atoms with Gasteiger partial charge in [-0.3, -0.25) is 14.4 Å². The number of H-pyrrole nitrogens is 1. The molecular weight excluding hydrogens is 450 g/mol. The van der Waals surface area contributed by atoms with Gasteiger partial charge in [0.2, 0.25) is 0 Å². The molecule has 0 radical (unpaired) electrons. The summed E-state index contributed by atoms with van der Waals surface area (Å²) in [6.45, 7) is 10.2. The number of ether oxygens (including phenoxy) is 2. The number of aromatic amines is 1. The summed E-state index contributed by atoms with van der Waals surface area (Å²) in [4.78, 5) is 34.5. The predicted octanol–water partition coefficient (Wildman–Crippen LogP) is 0.819. The van der Waals surface area contributed by atoms with Crippen LogP contribution in [0.1, 0.15) is 30.9 Å². The van der Waals surface area contributed by atoms with Crippen molar-refractivity contribution in [2.45, 2.75) is 32.5 Å². The summed E-state index contributed by atoms with van der Waals surface area (Å²) in [5.41, 5.74) is 1.91. The number of morpholine rings is 2. The molecule has 2 aliphatic heterocycles. The highest BCUT2D eigenvalue weighted by atomic mass is 16.5. The summed E-state index contributed by atoms with van der Waals surface area (Å²) in [7, 11) is 1.85. The van der Waals surface area contributed by atoms with Gasteiger partial charge in [-0.05, 0) is 20.3 Å². The Balaban J connectivity index is 1.30. The highest BCUT2D eigenvalue weighted by molar-refractivity contribution is 5.96. The van der Waals surface area contributed by atoms with Crippen LogP contribution < -0.4 is 10.2 Å². The zero-order valence-electron chi connectivity index (χ0n) is 20.5. The first-order valence-corrected chi connectivity index (χ1v) is 12.2. The molecule has 5 heterocycles. The molecule has 0 spiro atoms. The van der Waals surface area contributed by atoms with E-state index in [0.29, 0.717) is 49.8 Å². The lowest BCUT2D eigenvalue weighted by Crippen LogP contribution is -2.46. The van der Waals surface area contributed by atoms with Crippen LogP contribution in [0.2, 0.25) is 0 Å². The molecule has 2 aliphatic rings. The average Bonchev–Trinajstić information content (AvgIpc) is 3.47. The minimum absolute atomic E-state index is 0.237. The minimum atomic E-state index is -0.248. The number of fused-ring (bicyclic) bond motifs is 1. The fraction of sp³-hybridized carbons (Fsp3) is 0.609. The van der Waals surface area contributed by atoms with Gasteiger partial charge in [-0.1, -0.05) is 0 Å². The van der Waals surface area contributed by atoms with Gasteiger partial charge in [0, 0.05) is 52.5 Å². The molecule has 0 saturated carbocycles. The maximum Gasteiger partial charge on any atom is 0.287 e. The topological polar surface area (TPSA) is 126 Å². The second-order valence-corrected chi connectivity index (χ2v) is 9.28. The molecule has 0 aromatic carbocycles. The van der Waals surface area contributed by atoms with Crippen LogP contribution in [0, 0.1) is 0 Å². The summed E-state index contributed by atoms with van der Waals surface area (Å²) in [6.07, 6.45) is 4.92. The van der Waals surface area contributed by atoms with Crippen LogP contribution in [0.4, 0.5) is 5.82 Å². The number of rotatable bonds is 7. The van der Waals surface area contributed by atoms with Crippen LogP contribution in [0.15, 0.2) is 12.4 Å². The van der Waals surface area contributed by atoms with Gasteiger partial charge in [-0.2, -0.15) is 5.10 Å². The number of carbonyl (C=O) groups is 1. The molecule has 2 N–H and O–H groups in total. The van der Waals surface area contributed by atoms with E-state index in [0.717, 1.165) is 37.4 Å². The standard InChI is InChI=1S/C23H33N9O3/c1-15-12-31(13-16(2)35-15)6-4-5-24-23(33)21-26-18-20(28-21)27-19(17-11-25-30(3)14-17)29-22(18)32-7-9-34-10-8-32/h11,14-16H,4-10,12-13H2,1-3H3,(H,24,33)(H,26,27,28,29)/t15-,16+. The Morgan fingerprint density at radius 3 is 2.66 bits per heavy atom. The van der Waals surface area contributed by atoms with Gasteiger partial charge in [0.25, 0.3) is 5.91 Å². The normalized spacial score (nSPS) is 21.5. The molecule has 2 saturated heterocycles. The van der Waals surface area contributed by atoms with Gasteiger partial charge >= 0.3 is 0 Å². The number of nitrogens with zero attached hydrogens (tertiary/aromatic N) is 7. The van der Waals surface area contributed by atoms with Crippen molar-refractivity contribution in [3.8, 4) is 11.4 Å². The van der Waals surface area contributed by atoms with Gasteiger partial charge < -0.3 is 24.7 Å². The van der Waals surface area contributed by atoms with E-state index in [2.05, 4.69) is 49.0 Å². The highest BCUT2D eigenvalue weighted by Crippen LogP contribution is 2.26. The first-order valence-electron chi connectivity index (χ1n) is 12.2. The van der Waals surface area contributed by atoms with Crippen LogP contribution in [-0.4, -0.2) is 105 Å². The van der Waals surface area contributed by atoms with Crippen molar-refractivity contribution in [1.29, 1.82) is 0 Å². The summed E-state index contributed by atoms with van der Waals surface area (Å²) in [5.74, 6) is 1.24. The van der Waals surface area contributed by atoms with Crippen molar-refractivity contribution in [1.82, 2.24) is 39.9 Å². The minimum Gasteiger partial charge on any atom is -0.378 e. The second-order valence-electron chi connectivity index (χ2n) is 9.28. The summed E-state index contributed by atoms with van der Waals surface area (Å²) in [5, 5.41) is 7.22. The Hall–Kier alpha value is -3.09. The zero-order valence-corrected chi connectivity index (χ0v) is 20.5. The van der Waals surface area contributed by atoms with E-state index in [1.807, 2.05) is 13.2 Å². The van der Waals surface area contributed by atoms with E-state index in [1.165, 1.54) is 0 Å². The molecule has 2 atom stereocenters. The molecule has 5 rings (SSSR count). The van der Waals surface area contributed by atoms with Crippen molar-refractivity contribution >= 4 is 22.9 Å². The quantitative estimate of drug-likeness (QED) is 0.470. The van der Waals surface area contributed by atoms with E-state index in [9.17, 15) is 4.79 Å². The van der Waals surface area contributed by atoms with Crippen LogP contribution in [0.25, 0.3) is 22.6 Å². The van der Waals surface area contributed by atoms with Crippen LogP contribution in [0.5, 0.6) is 0 Å². The van der Waals surface area contributed by atoms with Crippen molar-refractivity contribution in [3.05, 3.63) is 18.2 Å². The summed E-state index contributed by atoms with van der Waals surface area (Å²) >= 11 is 0. The van der Waals surface area contributed by atoms with Crippen molar-refractivity contribution < 1.29 is 14.3 Å². The van der Waals surface area contributed by atoms with Gasteiger partial charge in [-0.25, -0.2) is 15.0 Å². The molecule has 12 heteroatoms. The molecular formula is C23H33N9O3. The Morgan fingerprint density at radius 1 is 1.17 bits per heavy atom. The highest BCUT2D eigenvalue weighted by Gasteiger charge is 2.24. The number of nitrogens with one attached hydrogen (secondary N) is 2. The van der Waals surface area contributed by atoms with Crippen LogP contribution >= 0.6 is 0 Å². The molecule has 0 unspecified atom stereocenters. The molecule has 12 nitrogen and oxygen atoms in total. The van der Waals surface area contributed by atoms with Crippen LogP contribution in [0.3, 0.4) is 0 Å². The Morgan fingerprint density at radius 2 is 1.94 bits per heavy atom. The molecule has 0 bridgehead atoms. The first-order chi connectivity index (χ1) is 17.0. The number of amides is 1. The lowest BCUT2D eigenvalue weighted by atomic mass is 10.2. The number of aryl methyl sites for hydroxylation is 1. The predicted molar refractivity (Wildman–Crippen MR) is 130 cm³/mol. The summed E-state index contributed by atoms with van der Waals surface area (Å²) < 4.78 is 13.0. The SMILES string of the molecule is C[C@@H]1CN(CCCNC(=O)c2nc3nc(-c4cnn(C)c4)nc(N4CCOCC4)c3[nH]2)C[C@H](C)O1. The van der Waals surface area contributed by atoms with E-state index in [-0.39, 0.29) is 23.9 Å². The Kier molecular flexibility index (Phi) is 6.93. The van der Waals surface area contributed by atoms with Crippen molar-refractivity contribution in [3.63, 3.8) is 0 Å². The maximum absolute atomic E-state index is 12.9. The number of hydrogen-bond acceptors (Lipinski definition) is 9. The molecule has 188 valence electrons. The fourth-order valence-corrected chi connectivity index (χ4v) is 4.71. The fourth-order valence-electron chi connectivity index (χ4n) is 4.71. The average molecular weight is 484 g/mol. The van der Waals surface area contributed by atoms with Gasteiger partial charge in [-0.15, -0.1) is 0 Å². The third-order valence-electron chi connectivity index (χ3n) is 6.25. The number of imidazole rings is 1. The van der Waals surface area contributed by atoms with Gasteiger partial charge in [0.1, 0.15) is 5.52 Å². The monoisotopic (exact) mass is 483 g/mol. The zero-order chi connectivity index (χ0) is 24.4. The summed E-state index contributed by atoms with van der Waals surface area (Å²) in [6, 6.07) is 0. The van der Waals surface area contributed by atoms with Crippen molar-refractivity contribution in [2.24, 2.45) is 7.05 Å². The van der Waals surface area contributed by atoms with E-state index < -0.39 is 0 Å². The first kappa shape index (κ1) is 23.6. The third-order valence-corrected chi connectivity index (χ3v) is 6.25. The molecule has 3 aromatic heterocycles. The molecule has 1 amide bonds. The second kappa shape index (κ2) is 10.3. The largest absolute Gasteiger partial charge is 0.378 e. The maximum atomic E-state index is 12.9. The number of anilines is 1. The molecule has 35 heavy (non-hydrogen) atoms. The lowest BCUT2D eigenvalue weighted by Gasteiger charge is -2.35. The van der Waals surface area contributed by atoms with E-state index in [4.69, 9.17) is 14.5 Å². The van der Waals surface area contributed by atoms with Gasteiger partial charge in [0.15, 0.2) is 23.1 Å². The molecule has 2 fully saturated rings. The van der Waals surface area contributed by atoms with Crippen molar-refractivity contribution in [2.75, 3.05) is 57.4 Å². The molecule has 3 aromatic rings. The van der Waals surface area contributed by atoms with E-state index in [1.54, 1.807) is 10.9 Å². The van der Waals surface area contributed by atoms with Crippen LogP contribution in [-0.2, 0) is 16.5 Å². The van der Waals surface area contributed by atoms with E-state index >= 15 is 0 Å². The lowest BCUT2D eigenvalue weighted by molar-refractivity contribution is -0.0680.